The molecule has 2 aliphatic rings. The second-order valence-electron chi connectivity index (χ2n) is 5.64. The van der Waals surface area contributed by atoms with Gasteiger partial charge in [0.25, 0.3) is 0 Å². The van der Waals surface area contributed by atoms with E-state index in [2.05, 4.69) is 10.3 Å². The maximum atomic E-state index is 12.4. The molecule has 2 amide bonds. The van der Waals surface area contributed by atoms with E-state index in [0.29, 0.717) is 31.2 Å². The Morgan fingerprint density at radius 3 is 3.14 bits per heavy atom. The lowest BCUT2D eigenvalue weighted by atomic mass is 9.85. The molecular formula is C14H18ClN3O2S. The number of halogens is 1. The Labute approximate surface area is 132 Å². The fourth-order valence-corrected chi connectivity index (χ4v) is 4.08. The summed E-state index contributed by atoms with van der Waals surface area (Å²) >= 11 is 7.22. The molecule has 0 aromatic carbocycles. The summed E-state index contributed by atoms with van der Waals surface area (Å²) in [6, 6.07) is 0.248. The van der Waals surface area contributed by atoms with E-state index in [1.807, 2.05) is 10.3 Å². The van der Waals surface area contributed by atoms with E-state index in [4.69, 9.17) is 11.6 Å². The second-order valence-corrected chi connectivity index (χ2v) is 6.85. The molecule has 2 fully saturated rings. The van der Waals surface area contributed by atoms with Gasteiger partial charge in [-0.05, 0) is 18.8 Å². The molecule has 3 rings (SSSR count). The highest BCUT2D eigenvalue weighted by atomic mass is 35.5. The molecular weight excluding hydrogens is 310 g/mol. The smallest absolute Gasteiger partial charge is 0.229 e. The van der Waals surface area contributed by atoms with Crippen molar-refractivity contribution in [2.75, 3.05) is 13.1 Å². The first-order valence-electron chi connectivity index (χ1n) is 7.22. The summed E-state index contributed by atoms with van der Waals surface area (Å²) in [6.07, 6.45) is 2.67. The van der Waals surface area contributed by atoms with Crippen molar-refractivity contribution in [3.8, 4) is 0 Å². The third-order valence-electron chi connectivity index (χ3n) is 4.21. The monoisotopic (exact) mass is 327 g/mol. The van der Waals surface area contributed by atoms with Crippen molar-refractivity contribution in [1.29, 1.82) is 0 Å². The van der Waals surface area contributed by atoms with Crippen LogP contribution in [0.3, 0.4) is 0 Å². The Morgan fingerprint density at radius 2 is 2.38 bits per heavy atom. The number of hydrogen-bond donors (Lipinski definition) is 1. The van der Waals surface area contributed by atoms with Crippen molar-refractivity contribution in [1.82, 2.24) is 15.2 Å². The van der Waals surface area contributed by atoms with E-state index in [1.165, 1.54) is 11.3 Å². The molecule has 0 radical (unpaired) electrons. The average Bonchev–Trinajstić information content (AvgIpc) is 2.94. The molecule has 2 atom stereocenters. The number of piperidine rings is 2. The zero-order chi connectivity index (χ0) is 14.8. The number of likely N-dealkylation sites (tertiary alicyclic amines) is 1. The summed E-state index contributed by atoms with van der Waals surface area (Å²) in [5.74, 6) is 1.06. The summed E-state index contributed by atoms with van der Waals surface area (Å²) in [5.41, 5.74) is 0.832. The van der Waals surface area contributed by atoms with Crippen LogP contribution >= 0.6 is 22.9 Å². The lowest BCUT2D eigenvalue weighted by molar-refractivity contribution is -0.134. The van der Waals surface area contributed by atoms with Gasteiger partial charge in [0.05, 0.1) is 18.0 Å². The number of carbonyl (C=O) groups is 2. The average molecular weight is 328 g/mol. The van der Waals surface area contributed by atoms with Crippen LogP contribution < -0.4 is 5.32 Å². The van der Waals surface area contributed by atoms with E-state index in [0.717, 1.165) is 30.1 Å². The maximum absolute atomic E-state index is 12.4. The lowest BCUT2D eigenvalue weighted by Gasteiger charge is -2.41. The first-order valence-corrected chi connectivity index (χ1v) is 8.63. The van der Waals surface area contributed by atoms with Crippen LogP contribution in [0.25, 0.3) is 0 Å². The Balaban J connectivity index is 1.57. The van der Waals surface area contributed by atoms with E-state index >= 15 is 0 Å². The van der Waals surface area contributed by atoms with Gasteiger partial charge in [0.1, 0.15) is 5.01 Å². The number of fused-ring (bicyclic) bond motifs is 1. The minimum atomic E-state index is 0.126. The number of rotatable bonds is 3. The van der Waals surface area contributed by atoms with Crippen LogP contribution in [0.5, 0.6) is 0 Å². The van der Waals surface area contributed by atoms with Gasteiger partial charge in [-0.15, -0.1) is 22.9 Å². The molecule has 0 aliphatic carbocycles. The minimum absolute atomic E-state index is 0.126. The SMILES string of the molecule is O=C1CCC2CN(C(=O)Cc3nc(CCl)cs3)CCC2N1. The number of hydrogen-bond acceptors (Lipinski definition) is 4. The number of amides is 2. The maximum Gasteiger partial charge on any atom is 0.229 e. The molecule has 2 aliphatic heterocycles. The van der Waals surface area contributed by atoms with Crippen molar-refractivity contribution < 1.29 is 9.59 Å². The Hall–Kier alpha value is -1.14. The van der Waals surface area contributed by atoms with Gasteiger partial charge < -0.3 is 10.2 Å². The van der Waals surface area contributed by atoms with Gasteiger partial charge >= 0.3 is 0 Å². The van der Waals surface area contributed by atoms with Crippen molar-refractivity contribution in [2.45, 2.75) is 37.6 Å². The highest BCUT2D eigenvalue weighted by Crippen LogP contribution is 2.26. The molecule has 0 bridgehead atoms. The van der Waals surface area contributed by atoms with Gasteiger partial charge in [-0.25, -0.2) is 4.98 Å². The number of alkyl halides is 1. The largest absolute Gasteiger partial charge is 0.353 e. The number of nitrogens with zero attached hydrogens (tertiary/aromatic N) is 2. The Kier molecular flexibility index (Phi) is 4.45. The first kappa shape index (κ1) is 14.8. The van der Waals surface area contributed by atoms with Gasteiger partial charge in [-0.1, -0.05) is 0 Å². The van der Waals surface area contributed by atoms with Gasteiger partial charge in [-0.2, -0.15) is 0 Å². The zero-order valence-electron chi connectivity index (χ0n) is 11.7. The number of carbonyl (C=O) groups excluding carboxylic acids is 2. The predicted molar refractivity (Wildman–Crippen MR) is 81.2 cm³/mol. The number of nitrogens with one attached hydrogen (secondary N) is 1. The first-order chi connectivity index (χ1) is 10.2. The number of aromatic nitrogens is 1. The second kappa shape index (κ2) is 6.32. The van der Waals surface area contributed by atoms with Gasteiger partial charge in [0.2, 0.25) is 11.8 Å². The van der Waals surface area contributed by atoms with Crippen LogP contribution in [-0.4, -0.2) is 40.8 Å². The van der Waals surface area contributed by atoms with Crippen molar-refractivity contribution in [2.24, 2.45) is 5.92 Å². The molecule has 5 nitrogen and oxygen atoms in total. The molecule has 0 spiro atoms. The zero-order valence-corrected chi connectivity index (χ0v) is 13.3. The minimum Gasteiger partial charge on any atom is -0.353 e. The van der Waals surface area contributed by atoms with E-state index < -0.39 is 0 Å². The third-order valence-corrected chi connectivity index (χ3v) is 5.39. The summed E-state index contributed by atoms with van der Waals surface area (Å²) in [5, 5.41) is 5.77. The van der Waals surface area contributed by atoms with Crippen LogP contribution in [0, 0.1) is 5.92 Å². The molecule has 21 heavy (non-hydrogen) atoms. The lowest BCUT2D eigenvalue weighted by Crippen LogP contribution is -2.55. The number of thiazole rings is 1. The van der Waals surface area contributed by atoms with E-state index in [1.54, 1.807) is 0 Å². The molecule has 1 aromatic heterocycles. The molecule has 7 heteroatoms. The molecule has 0 saturated carbocycles. The van der Waals surface area contributed by atoms with Gasteiger partial charge in [0, 0.05) is 30.9 Å². The van der Waals surface area contributed by atoms with Crippen LogP contribution in [0.15, 0.2) is 5.38 Å². The Bertz CT molecular complexity index is 548. The molecule has 114 valence electrons. The van der Waals surface area contributed by atoms with Crippen LogP contribution in [0.2, 0.25) is 0 Å². The quantitative estimate of drug-likeness (QED) is 0.857. The topological polar surface area (TPSA) is 62.3 Å². The normalized spacial score (nSPS) is 25.4. The van der Waals surface area contributed by atoms with Crippen LogP contribution in [0.4, 0.5) is 0 Å². The van der Waals surface area contributed by atoms with Crippen molar-refractivity contribution in [3.05, 3.63) is 16.1 Å². The highest BCUT2D eigenvalue weighted by Gasteiger charge is 2.35. The fraction of sp³-hybridized carbons (Fsp3) is 0.643. The van der Waals surface area contributed by atoms with E-state index in [-0.39, 0.29) is 17.9 Å². The van der Waals surface area contributed by atoms with Gasteiger partial charge in [0.15, 0.2) is 0 Å². The predicted octanol–water partition coefficient (Wildman–Crippen LogP) is 1.55. The molecule has 3 heterocycles. The van der Waals surface area contributed by atoms with Crippen LogP contribution in [-0.2, 0) is 21.9 Å². The highest BCUT2D eigenvalue weighted by molar-refractivity contribution is 7.09. The molecule has 1 N–H and O–H groups in total. The Morgan fingerprint density at radius 1 is 1.52 bits per heavy atom. The van der Waals surface area contributed by atoms with Crippen LogP contribution in [0.1, 0.15) is 30.0 Å². The molecule has 2 saturated heterocycles. The summed E-state index contributed by atoms with van der Waals surface area (Å²) < 4.78 is 0. The van der Waals surface area contributed by atoms with Crippen molar-refractivity contribution in [3.63, 3.8) is 0 Å². The standard InChI is InChI=1S/C14H18ClN3O2S/c15-6-10-8-21-13(16-10)5-14(20)18-4-3-11-9(7-18)1-2-12(19)17-11/h8-9,11H,1-7H2,(H,17,19). The fourth-order valence-electron chi connectivity index (χ4n) is 3.07. The summed E-state index contributed by atoms with van der Waals surface area (Å²) in [6.45, 7) is 1.46. The molecule has 1 aromatic rings. The van der Waals surface area contributed by atoms with Gasteiger partial charge in [-0.3, -0.25) is 9.59 Å². The van der Waals surface area contributed by atoms with Crippen molar-refractivity contribution >= 4 is 34.8 Å². The summed E-state index contributed by atoms with van der Waals surface area (Å²) in [7, 11) is 0. The summed E-state index contributed by atoms with van der Waals surface area (Å²) in [4.78, 5) is 30.0. The molecule has 2 unspecified atom stereocenters. The van der Waals surface area contributed by atoms with E-state index in [9.17, 15) is 9.59 Å². The third kappa shape index (κ3) is 3.37.